The van der Waals surface area contributed by atoms with Crippen molar-refractivity contribution in [1.82, 2.24) is 0 Å². The van der Waals surface area contributed by atoms with E-state index in [1.54, 1.807) is 0 Å². The lowest BCUT2D eigenvalue weighted by atomic mass is 9.95. The summed E-state index contributed by atoms with van der Waals surface area (Å²) < 4.78 is 2.41. The Hall–Kier alpha value is -0.180. The standard InChI is InChI=1S/C11H15NOS/c13-9-10(3-4-10)2-1-8-12(9)11(5-6-11)7-14-8/h8H,1-7H2/p+1/t8-/m0/s1. The van der Waals surface area contributed by atoms with Gasteiger partial charge < -0.3 is 5.11 Å². The quantitative estimate of drug-likeness (QED) is 0.619. The maximum Gasteiger partial charge on any atom is 0.341 e. The van der Waals surface area contributed by atoms with Crippen molar-refractivity contribution in [2.75, 3.05) is 5.75 Å². The van der Waals surface area contributed by atoms with Gasteiger partial charge in [-0.15, -0.1) is 0 Å². The highest BCUT2D eigenvalue weighted by molar-refractivity contribution is 8.00. The second-order valence-electron chi connectivity index (χ2n) is 5.50. The van der Waals surface area contributed by atoms with Gasteiger partial charge in [0.25, 0.3) is 0 Å². The molecule has 2 heterocycles. The number of hydrogen-bond acceptors (Lipinski definition) is 1. The number of nitrogens with zero attached hydrogens (tertiary/aromatic N) is 1. The van der Waals surface area contributed by atoms with E-state index in [2.05, 4.69) is 16.3 Å². The lowest BCUT2D eigenvalue weighted by Gasteiger charge is -2.22. The maximum atomic E-state index is 10.4. The predicted molar refractivity (Wildman–Crippen MR) is 57.0 cm³/mol. The molecule has 4 rings (SSSR count). The van der Waals surface area contributed by atoms with Crippen LogP contribution < -0.4 is 0 Å². The molecule has 1 atom stereocenters. The molecule has 1 saturated heterocycles. The van der Waals surface area contributed by atoms with Gasteiger partial charge in [-0.05, 0) is 19.3 Å². The van der Waals surface area contributed by atoms with Gasteiger partial charge in [-0.1, -0.05) is 11.8 Å². The molecule has 14 heavy (non-hydrogen) atoms. The average molecular weight is 210 g/mol. The van der Waals surface area contributed by atoms with Crippen molar-refractivity contribution in [2.24, 2.45) is 5.41 Å². The van der Waals surface area contributed by atoms with Crippen LogP contribution in [0.1, 0.15) is 38.5 Å². The van der Waals surface area contributed by atoms with Crippen LogP contribution in [0, 0.1) is 5.41 Å². The zero-order valence-electron chi connectivity index (χ0n) is 8.33. The summed E-state index contributed by atoms with van der Waals surface area (Å²) >= 11 is 2.07. The summed E-state index contributed by atoms with van der Waals surface area (Å²) in [4.78, 5) is 0. The first kappa shape index (κ1) is 8.03. The van der Waals surface area contributed by atoms with Crippen LogP contribution in [0.15, 0.2) is 0 Å². The van der Waals surface area contributed by atoms with Crippen LogP contribution in [0.4, 0.5) is 0 Å². The molecule has 0 bridgehead atoms. The minimum Gasteiger partial charge on any atom is -0.463 e. The normalized spacial score (nSPS) is 40.4. The summed E-state index contributed by atoms with van der Waals surface area (Å²) in [5, 5.41) is 11.0. The molecular weight excluding hydrogens is 194 g/mol. The number of aliphatic hydroxyl groups is 1. The van der Waals surface area contributed by atoms with Gasteiger partial charge in [0.15, 0.2) is 5.54 Å². The molecule has 3 fully saturated rings. The molecule has 0 unspecified atom stereocenters. The molecule has 2 nitrogen and oxygen atoms in total. The van der Waals surface area contributed by atoms with Crippen LogP contribution in [-0.4, -0.2) is 32.2 Å². The average Bonchev–Trinajstić information content (AvgIpc) is 3.03. The summed E-state index contributed by atoms with van der Waals surface area (Å²) in [5.74, 6) is 2.04. The molecule has 0 aromatic heterocycles. The van der Waals surface area contributed by atoms with Gasteiger partial charge >= 0.3 is 5.90 Å². The zero-order valence-corrected chi connectivity index (χ0v) is 9.15. The molecule has 2 spiro atoms. The number of fused-ring (bicyclic) bond motifs is 2. The van der Waals surface area contributed by atoms with Crippen LogP contribution in [0.5, 0.6) is 0 Å². The molecule has 0 amide bonds. The predicted octanol–water partition coefficient (Wildman–Crippen LogP) is 2.13. The van der Waals surface area contributed by atoms with Crippen molar-refractivity contribution >= 4 is 17.7 Å². The second-order valence-corrected chi connectivity index (χ2v) is 6.67. The third kappa shape index (κ3) is 0.791. The highest BCUT2D eigenvalue weighted by Gasteiger charge is 2.68. The van der Waals surface area contributed by atoms with Crippen molar-refractivity contribution in [3.8, 4) is 0 Å². The van der Waals surface area contributed by atoms with E-state index in [9.17, 15) is 5.11 Å². The van der Waals surface area contributed by atoms with Gasteiger partial charge in [0.2, 0.25) is 5.37 Å². The Morgan fingerprint density at radius 3 is 2.64 bits per heavy atom. The number of rotatable bonds is 0. The summed E-state index contributed by atoms with van der Waals surface area (Å²) in [5.41, 5.74) is 0.673. The van der Waals surface area contributed by atoms with Gasteiger partial charge in [0.05, 0.1) is 11.2 Å². The minimum absolute atomic E-state index is 0.261. The molecule has 4 aliphatic rings. The maximum absolute atomic E-state index is 10.4. The fourth-order valence-corrected chi connectivity index (χ4v) is 4.88. The highest BCUT2D eigenvalue weighted by Crippen LogP contribution is 2.59. The van der Waals surface area contributed by atoms with E-state index < -0.39 is 0 Å². The van der Waals surface area contributed by atoms with Gasteiger partial charge in [0.1, 0.15) is 0 Å². The third-order valence-corrected chi connectivity index (χ3v) is 6.13. The van der Waals surface area contributed by atoms with Crippen molar-refractivity contribution in [2.45, 2.75) is 49.4 Å². The first-order valence-corrected chi connectivity index (χ1v) is 6.78. The van der Waals surface area contributed by atoms with E-state index in [0.717, 1.165) is 5.90 Å². The van der Waals surface area contributed by atoms with Gasteiger partial charge in [-0.3, -0.25) is 0 Å². The Bertz CT molecular complexity index is 341. The van der Waals surface area contributed by atoms with Crippen LogP contribution >= 0.6 is 11.8 Å². The van der Waals surface area contributed by atoms with Crippen LogP contribution in [0.3, 0.4) is 0 Å². The molecule has 76 valence electrons. The molecule has 3 heteroatoms. The Balaban J connectivity index is 1.86. The number of aliphatic hydroxyl groups excluding tert-OH is 1. The highest BCUT2D eigenvalue weighted by atomic mass is 32.2. The molecular formula is C11H16NOS+. The summed E-state index contributed by atoms with van der Waals surface area (Å²) in [7, 11) is 0. The Kier molecular flexibility index (Phi) is 1.24. The lowest BCUT2D eigenvalue weighted by Crippen LogP contribution is -2.42. The van der Waals surface area contributed by atoms with Crippen LogP contribution in [0.25, 0.3) is 0 Å². The minimum atomic E-state index is 0.261. The molecule has 0 aromatic carbocycles. The Morgan fingerprint density at radius 1 is 1.21 bits per heavy atom. The molecule has 2 aliphatic carbocycles. The molecule has 0 aromatic rings. The summed E-state index contributed by atoms with van der Waals surface area (Å²) in [6, 6.07) is 0. The first-order chi connectivity index (χ1) is 6.76. The lowest BCUT2D eigenvalue weighted by molar-refractivity contribution is -0.595. The zero-order chi connectivity index (χ0) is 9.39. The summed E-state index contributed by atoms with van der Waals surface area (Å²) in [6.45, 7) is 0. The van der Waals surface area contributed by atoms with E-state index in [-0.39, 0.29) is 5.41 Å². The molecule has 1 N–H and O–H groups in total. The topological polar surface area (TPSA) is 23.2 Å². The van der Waals surface area contributed by atoms with E-state index >= 15 is 0 Å². The van der Waals surface area contributed by atoms with E-state index in [1.807, 2.05) is 0 Å². The molecule has 0 radical (unpaired) electrons. The SMILES string of the molecule is OC1=[N+]2[C@H](CCC13CC3)SCC21CC1. The van der Waals surface area contributed by atoms with E-state index in [1.165, 1.54) is 44.3 Å². The van der Waals surface area contributed by atoms with Gasteiger partial charge in [-0.25, -0.2) is 0 Å². The van der Waals surface area contributed by atoms with Crippen LogP contribution in [-0.2, 0) is 0 Å². The van der Waals surface area contributed by atoms with E-state index in [4.69, 9.17) is 0 Å². The van der Waals surface area contributed by atoms with Crippen LogP contribution in [0.2, 0.25) is 0 Å². The second kappa shape index (κ2) is 2.16. The first-order valence-electron chi connectivity index (χ1n) is 5.73. The largest absolute Gasteiger partial charge is 0.463 e. The van der Waals surface area contributed by atoms with Crippen molar-refractivity contribution < 1.29 is 9.68 Å². The third-order valence-electron chi connectivity index (χ3n) is 4.60. The number of thioether (sulfide) groups is 1. The van der Waals surface area contributed by atoms with E-state index in [0.29, 0.717) is 10.9 Å². The smallest absolute Gasteiger partial charge is 0.341 e. The Morgan fingerprint density at radius 2 is 2.00 bits per heavy atom. The molecule has 2 aliphatic heterocycles. The van der Waals surface area contributed by atoms with Crippen molar-refractivity contribution in [1.29, 1.82) is 0 Å². The number of hydrogen-bond donors (Lipinski definition) is 1. The fourth-order valence-electron chi connectivity index (χ4n) is 3.20. The molecule has 2 saturated carbocycles. The fraction of sp³-hybridized carbons (Fsp3) is 0.909. The Labute approximate surface area is 88.4 Å². The van der Waals surface area contributed by atoms with Gasteiger partial charge in [0, 0.05) is 19.3 Å². The van der Waals surface area contributed by atoms with Crippen molar-refractivity contribution in [3.05, 3.63) is 0 Å². The van der Waals surface area contributed by atoms with Crippen molar-refractivity contribution in [3.63, 3.8) is 0 Å². The summed E-state index contributed by atoms with van der Waals surface area (Å²) in [6.07, 6.45) is 7.65. The monoisotopic (exact) mass is 210 g/mol. The van der Waals surface area contributed by atoms with Gasteiger partial charge in [-0.2, -0.15) is 4.58 Å².